The summed E-state index contributed by atoms with van der Waals surface area (Å²) in [6.07, 6.45) is 13.4. The van der Waals surface area contributed by atoms with Crippen LogP contribution in [0.2, 0.25) is 5.02 Å². The van der Waals surface area contributed by atoms with Crippen molar-refractivity contribution in [2.24, 2.45) is 13.0 Å². The van der Waals surface area contributed by atoms with Gasteiger partial charge in [0.05, 0.1) is 23.1 Å². The van der Waals surface area contributed by atoms with Crippen molar-refractivity contribution >= 4 is 17.5 Å². The van der Waals surface area contributed by atoms with Gasteiger partial charge in [-0.25, -0.2) is 9.97 Å². The smallest absolute Gasteiger partial charge is 0.223 e. The van der Waals surface area contributed by atoms with E-state index in [9.17, 15) is 0 Å². The van der Waals surface area contributed by atoms with Crippen molar-refractivity contribution in [2.75, 3.05) is 5.32 Å². The fourth-order valence-corrected chi connectivity index (χ4v) is 4.58. The molecule has 2 aliphatic carbocycles. The molecule has 0 atom stereocenters. The summed E-state index contributed by atoms with van der Waals surface area (Å²) >= 11 is 6.50. The van der Waals surface area contributed by atoms with Crippen LogP contribution in [0, 0.1) is 5.92 Å². The normalized spacial score (nSPS) is 21.4. The molecule has 0 radical (unpaired) electrons. The largest absolute Gasteiger partial charge is 0.351 e. The van der Waals surface area contributed by atoms with E-state index in [1.807, 2.05) is 24.0 Å². The lowest BCUT2D eigenvalue weighted by atomic mass is 9.91. The third-order valence-corrected chi connectivity index (χ3v) is 6.72. The van der Waals surface area contributed by atoms with Crippen molar-refractivity contribution in [3.05, 3.63) is 41.1 Å². The van der Waals surface area contributed by atoms with E-state index in [0.29, 0.717) is 23.1 Å². The van der Waals surface area contributed by atoms with Gasteiger partial charge in [0.1, 0.15) is 0 Å². The van der Waals surface area contributed by atoms with E-state index in [-0.39, 0.29) is 0 Å². The summed E-state index contributed by atoms with van der Waals surface area (Å²) in [7, 11) is 1.99. The Bertz CT molecular complexity index is 1000. The fraction of sp³-hybridized carbons (Fsp3) is 0.545. The number of H-pyrrole nitrogens is 1. The third kappa shape index (κ3) is 4.91. The molecule has 3 heterocycles. The summed E-state index contributed by atoms with van der Waals surface area (Å²) in [6, 6.07) is 2.91. The van der Waals surface area contributed by atoms with E-state index < -0.39 is 0 Å². The Morgan fingerprint density at radius 2 is 1.94 bits per heavy atom. The van der Waals surface area contributed by atoms with Gasteiger partial charge >= 0.3 is 0 Å². The van der Waals surface area contributed by atoms with Gasteiger partial charge in [0.25, 0.3) is 0 Å². The van der Waals surface area contributed by atoms with Crippen LogP contribution in [0.4, 0.5) is 5.95 Å². The number of aromatic nitrogens is 6. The zero-order chi connectivity index (χ0) is 21.2. The van der Waals surface area contributed by atoms with E-state index >= 15 is 0 Å². The summed E-state index contributed by atoms with van der Waals surface area (Å²) in [5, 5.41) is 19.2. The Hall–Kier alpha value is -2.45. The van der Waals surface area contributed by atoms with Gasteiger partial charge in [-0.3, -0.25) is 9.78 Å². The molecule has 0 bridgehead atoms. The maximum atomic E-state index is 6.50. The van der Waals surface area contributed by atoms with Gasteiger partial charge in [-0.15, -0.1) is 0 Å². The lowest BCUT2D eigenvalue weighted by Crippen LogP contribution is -2.37. The Balaban J connectivity index is 1.21. The molecular formula is C22H29ClN8. The summed E-state index contributed by atoms with van der Waals surface area (Å²) in [5.41, 5.74) is 4.13. The molecule has 164 valence electrons. The predicted octanol–water partition coefficient (Wildman–Crippen LogP) is 3.72. The first-order chi connectivity index (χ1) is 15.2. The minimum atomic E-state index is 0.374. The van der Waals surface area contributed by atoms with Crippen molar-refractivity contribution in [2.45, 2.75) is 63.6 Å². The van der Waals surface area contributed by atoms with Crippen LogP contribution in [-0.4, -0.2) is 42.0 Å². The molecule has 5 rings (SSSR count). The van der Waals surface area contributed by atoms with E-state index in [1.165, 1.54) is 18.5 Å². The Kier molecular flexibility index (Phi) is 5.91. The Morgan fingerprint density at radius 1 is 1.13 bits per heavy atom. The average Bonchev–Trinajstić information content (AvgIpc) is 3.31. The first-order valence-electron chi connectivity index (χ1n) is 11.2. The summed E-state index contributed by atoms with van der Waals surface area (Å²) in [4.78, 5) is 9.24. The zero-order valence-corrected chi connectivity index (χ0v) is 18.6. The van der Waals surface area contributed by atoms with Gasteiger partial charge in [-0.1, -0.05) is 11.6 Å². The van der Waals surface area contributed by atoms with Crippen LogP contribution < -0.4 is 10.6 Å². The van der Waals surface area contributed by atoms with E-state index in [1.54, 1.807) is 12.4 Å². The van der Waals surface area contributed by atoms with Gasteiger partial charge in [-0.05, 0) is 56.9 Å². The van der Waals surface area contributed by atoms with Gasteiger partial charge in [0.15, 0.2) is 0 Å². The molecule has 3 N–H and O–H groups in total. The topological polar surface area (TPSA) is 96.3 Å². The number of rotatable bonds is 8. The number of aromatic amines is 1. The highest BCUT2D eigenvalue weighted by Crippen LogP contribution is 2.37. The van der Waals surface area contributed by atoms with Crippen LogP contribution in [-0.2, 0) is 20.0 Å². The molecular weight excluding hydrogens is 412 g/mol. The molecule has 0 aliphatic heterocycles. The molecule has 0 aromatic carbocycles. The fourth-order valence-electron chi connectivity index (χ4n) is 4.39. The predicted molar refractivity (Wildman–Crippen MR) is 121 cm³/mol. The number of aryl methyl sites for hydroxylation is 1. The van der Waals surface area contributed by atoms with Crippen LogP contribution in [0.1, 0.15) is 49.9 Å². The highest BCUT2D eigenvalue weighted by molar-refractivity contribution is 6.32. The maximum absolute atomic E-state index is 6.50. The van der Waals surface area contributed by atoms with Crippen LogP contribution >= 0.6 is 11.6 Å². The molecule has 3 aromatic rings. The van der Waals surface area contributed by atoms with Crippen LogP contribution in [0.25, 0.3) is 11.3 Å². The number of nitrogens with zero attached hydrogens (tertiary/aromatic N) is 5. The standard InChI is InChI=1S/C22H29ClN8/c1-31-20(10-14-2-3-14)18(12-27-31)21-19(23)13-25-22(29-21)28-16-6-4-15(5-7-16)24-11-17-8-9-26-30-17/h8-9,12-16,24H,2-7,10-11H2,1H3,(H,26,30)(H,25,28,29). The SMILES string of the molecule is Cn1ncc(-c2nc(NC3CCC(NCc4ccn[nH]4)CC3)ncc2Cl)c1CC1CC1. The molecule has 0 spiro atoms. The number of anilines is 1. The maximum Gasteiger partial charge on any atom is 0.223 e. The number of halogens is 1. The van der Waals surface area contributed by atoms with Gasteiger partial charge in [-0.2, -0.15) is 10.2 Å². The van der Waals surface area contributed by atoms with Crippen LogP contribution in [0.15, 0.2) is 24.7 Å². The lowest BCUT2D eigenvalue weighted by Gasteiger charge is -2.29. The highest BCUT2D eigenvalue weighted by Gasteiger charge is 2.26. The first-order valence-corrected chi connectivity index (χ1v) is 11.6. The Morgan fingerprint density at radius 3 is 2.68 bits per heavy atom. The molecule has 0 amide bonds. The Labute approximate surface area is 187 Å². The van der Waals surface area contributed by atoms with Crippen LogP contribution in [0.5, 0.6) is 0 Å². The molecule has 2 saturated carbocycles. The molecule has 0 saturated heterocycles. The van der Waals surface area contributed by atoms with E-state index in [0.717, 1.165) is 61.5 Å². The van der Waals surface area contributed by atoms with Crippen LogP contribution in [0.3, 0.4) is 0 Å². The average molecular weight is 441 g/mol. The number of nitrogens with one attached hydrogen (secondary N) is 3. The van der Waals surface area contributed by atoms with Gasteiger partial charge < -0.3 is 10.6 Å². The van der Waals surface area contributed by atoms with Crippen molar-refractivity contribution in [1.82, 2.24) is 35.3 Å². The monoisotopic (exact) mass is 440 g/mol. The van der Waals surface area contributed by atoms with Crippen molar-refractivity contribution in [3.63, 3.8) is 0 Å². The highest BCUT2D eigenvalue weighted by atomic mass is 35.5. The minimum absolute atomic E-state index is 0.374. The van der Waals surface area contributed by atoms with Crippen molar-refractivity contribution < 1.29 is 0 Å². The molecule has 2 fully saturated rings. The summed E-state index contributed by atoms with van der Waals surface area (Å²) in [6.45, 7) is 0.834. The second kappa shape index (κ2) is 8.96. The van der Waals surface area contributed by atoms with Gasteiger partial charge in [0, 0.05) is 48.8 Å². The first kappa shape index (κ1) is 20.5. The van der Waals surface area contributed by atoms with E-state index in [4.69, 9.17) is 16.6 Å². The third-order valence-electron chi connectivity index (χ3n) is 6.44. The molecule has 3 aromatic heterocycles. The lowest BCUT2D eigenvalue weighted by molar-refractivity contribution is 0.351. The van der Waals surface area contributed by atoms with Gasteiger partial charge in [0.2, 0.25) is 5.95 Å². The second-order valence-corrected chi connectivity index (χ2v) is 9.23. The molecule has 2 aliphatic rings. The second-order valence-electron chi connectivity index (χ2n) is 8.82. The molecule has 31 heavy (non-hydrogen) atoms. The minimum Gasteiger partial charge on any atom is -0.351 e. The van der Waals surface area contributed by atoms with Crippen molar-refractivity contribution in [3.8, 4) is 11.3 Å². The zero-order valence-electron chi connectivity index (χ0n) is 17.8. The number of hydrogen-bond acceptors (Lipinski definition) is 6. The summed E-state index contributed by atoms with van der Waals surface area (Å²) < 4.78 is 1.96. The molecule has 8 nitrogen and oxygen atoms in total. The summed E-state index contributed by atoms with van der Waals surface area (Å²) in [5.74, 6) is 1.42. The van der Waals surface area contributed by atoms with E-state index in [2.05, 4.69) is 30.9 Å². The van der Waals surface area contributed by atoms with Crippen molar-refractivity contribution in [1.29, 1.82) is 0 Å². The quantitative estimate of drug-likeness (QED) is 0.494. The number of hydrogen-bond donors (Lipinski definition) is 3. The molecule has 9 heteroatoms. The molecule has 0 unspecified atom stereocenters.